The Hall–Kier alpha value is -2.88. The van der Waals surface area contributed by atoms with Gasteiger partial charge in [-0.25, -0.2) is 4.90 Å². The second kappa shape index (κ2) is 5.39. The van der Waals surface area contributed by atoms with Gasteiger partial charge in [0.25, 0.3) is 5.91 Å². The van der Waals surface area contributed by atoms with Crippen LogP contribution in [0, 0.1) is 20.8 Å². The number of carbonyl (C=O) groups is 2. The Morgan fingerprint density at radius 1 is 0.870 bits per heavy atom. The van der Waals surface area contributed by atoms with Crippen LogP contribution in [0.5, 0.6) is 0 Å². The molecule has 23 heavy (non-hydrogen) atoms. The summed E-state index contributed by atoms with van der Waals surface area (Å²) >= 11 is 0. The smallest absolute Gasteiger partial charge is 0.301 e. The van der Waals surface area contributed by atoms with Crippen LogP contribution in [-0.4, -0.2) is 16.9 Å². The zero-order valence-corrected chi connectivity index (χ0v) is 13.3. The van der Waals surface area contributed by atoms with Gasteiger partial charge in [-0.2, -0.15) is 0 Å². The van der Waals surface area contributed by atoms with Crippen LogP contribution >= 0.6 is 0 Å². The first-order chi connectivity index (χ1) is 10.9. The van der Waals surface area contributed by atoms with Crippen molar-refractivity contribution in [3.63, 3.8) is 0 Å². The molecule has 0 unspecified atom stereocenters. The van der Waals surface area contributed by atoms with Gasteiger partial charge in [-0.05, 0) is 49.6 Å². The zero-order valence-electron chi connectivity index (χ0n) is 13.3. The second-order valence-electron chi connectivity index (χ2n) is 5.83. The van der Waals surface area contributed by atoms with Gasteiger partial charge in [-0.3, -0.25) is 9.59 Å². The first-order valence-electron chi connectivity index (χ1n) is 7.36. The lowest BCUT2D eigenvalue weighted by molar-refractivity contribution is -0.121. The normalized spacial score (nSPS) is 14.8. The highest BCUT2D eigenvalue weighted by Crippen LogP contribution is 2.33. The SMILES string of the molecule is Cc1cccc(N2C(=O)C(O)=C(c3ccc(C)cc3C)C2=O)c1. The van der Waals surface area contributed by atoms with Crippen LogP contribution in [0.1, 0.15) is 22.3 Å². The van der Waals surface area contributed by atoms with Gasteiger partial charge in [-0.1, -0.05) is 35.9 Å². The van der Waals surface area contributed by atoms with Gasteiger partial charge in [0.05, 0.1) is 11.3 Å². The number of anilines is 1. The molecular formula is C19H17NO3. The molecule has 1 N–H and O–H groups in total. The zero-order chi connectivity index (χ0) is 16.7. The fraction of sp³-hybridized carbons (Fsp3) is 0.158. The summed E-state index contributed by atoms with van der Waals surface area (Å²) < 4.78 is 0. The summed E-state index contributed by atoms with van der Waals surface area (Å²) in [5, 5.41) is 10.2. The number of carbonyl (C=O) groups excluding carboxylic acids is 2. The molecule has 0 fully saturated rings. The number of aryl methyl sites for hydroxylation is 3. The molecule has 4 nitrogen and oxygen atoms in total. The van der Waals surface area contributed by atoms with Crippen LogP contribution < -0.4 is 4.90 Å². The maximum atomic E-state index is 12.8. The van der Waals surface area contributed by atoms with E-state index >= 15 is 0 Å². The van der Waals surface area contributed by atoms with Crippen molar-refractivity contribution in [2.24, 2.45) is 0 Å². The van der Waals surface area contributed by atoms with E-state index in [2.05, 4.69) is 0 Å². The van der Waals surface area contributed by atoms with Crippen LogP contribution in [0.4, 0.5) is 5.69 Å². The van der Waals surface area contributed by atoms with Gasteiger partial charge in [-0.15, -0.1) is 0 Å². The predicted octanol–water partition coefficient (Wildman–Crippen LogP) is 3.45. The standard InChI is InChI=1S/C19H17NO3/c1-11-5-4-6-14(10-11)20-18(22)16(17(21)19(20)23)15-8-7-12(2)9-13(15)3/h4-10,21H,1-3H3. The molecule has 0 bridgehead atoms. The molecule has 4 heteroatoms. The van der Waals surface area contributed by atoms with E-state index in [0.29, 0.717) is 11.3 Å². The molecule has 0 saturated heterocycles. The molecule has 0 radical (unpaired) electrons. The summed E-state index contributed by atoms with van der Waals surface area (Å²) in [5.74, 6) is -1.68. The molecule has 2 amide bonds. The van der Waals surface area contributed by atoms with Gasteiger partial charge in [0, 0.05) is 0 Å². The molecule has 0 spiro atoms. The molecule has 3 rings (SSSR count). The topological polar surface area (TPSA) is 57.6 Å². The molecule has 0 saturated carbocycles. The van der Waals surface area contributed by atoms with E-state index < -0.39 is 17.6 Å². The van der Waals surface area contributed by atoms with Crippen LogP contribution in [0.3, 0.4) is 0 Å². The highest BCUT2D eigenvalue weighted by Gasteiger charge is 2.40. The van der Waals surface area contributed by atoms with Crippen molar-refractivity contribution >= 4 is 23.1 Å². The number of hydrogen-bond donors (Lipinski definition) is 1. The van der Waals surface area contributed by atoms with Crippen LogP contribution in [0.15, 0.2) is 48.2 Å². The lowest BCUT2D eigenvalue weighted by Gasteiger charge is -2.15. The molecular weight excluding hydrogens is 290 g/mol. The van der Waals surface area contributed by atoms with Crippen molar-refractivity contribution in [1.82, 2.24) is 0 Å². The lowest BCUT2D eigenvalue weighted by atomic mass is 9.98. The Balaban J connectivity index is 2.10. The third-order valence-corrected chi connectivity index (χ3v) is 3.97. The Labute approximate surface area is 134 Å². The third kappa shape index (κ3) is 2.42. The Morgan fingerprint density at radius 3 is 2.22 bits per heavy atom. The van der Waals surface area contributed by atoms with Gasteiger partial charge >= 0.3 is 5.91 Å². The van der Waals surface area contributed by atoms with E-state index in [1.165, 1.54) is 0 Å². The summed E-state index contributed by atoms with van der Waals surface area (Å²) in [6, 6.07) is 12.6. The number of hydrogen-bond acceptors (Lipinski definition) is 3. The Bertz CT molecular complexity index is 865. The minimum absolute atomic E-state index is 0.0639. The fourth-order valence-electron chi connectivity index (χ4n) is 2.86. The van der Waals surface area contributed by atoms with Gasteiger partial charge in [0.1, 0.15) is 0 Å². The number of rotatable bonds is 2. The van der Waals surface area contributed by atoms with E-state index in [1.807, 2.05) is 39.0 Å². The monoisotopic (exact) mass is 307 g/mol. The number of amides is 2. The number of nitrogens with zero attached hydrogens (tertiary/aromatic N) is 1. The summed E-state index contributed by atoms with van der Waals surface area (Å²) in [5.41, 5.74) is 3.95. The molecule has 2 aromatic rings. The maximum absolute atomic E-state index is 12.8. The number of benzene rings is 2. The Morgan fingerprint density at radius 2 is 1.57 bits per heavy atom. The highest BCUT2D eigenvalue weighted by atomic mass is 16.3. The molecule has 1 heterocycles. The Kier molecular flexibility index (Phi) is 3.52. The predicted molar refractivity (Wildman–Crippen MR) is 89.1 cm³/mol. The van der Waals surface area contributed by atoms with Crippen LogP contribution in [0.2, 0.25) is 0 Å². The van der Waals surface area contributed by atoms with Crippen molar-refractivity contribution in [2.45, 2.75) is 20.8 Å². The molecule has 1 aliphatic heterocycles. The molecule has 0 aliphatic carbocycles. The summed E-state index contributed by atoms with van der Waals surface area (Å²) in [4.78, 5) is 26.2. The van der Waals surface area contributed by atoms with E-state index in [0.717, 1.165) is 21.6 Å². The number of aliphatic hydroxyl groups excluding tert-OH is 1. The van der Waals surface area contributed by atoms with Crippen molar-refractivity contribution in [3.8, 4) is 0 Å². The molecule has 116 valence electrons. The number of imide groups is 1. The van der Waals surface area contributed by atoms with Crippen molar-refractivity contribution in [2.75, 3.05) is 4.90 Å². The first-order valence-corrected chi connectivity index (χ1v) is 7.36. The molecule has 1 aliphatic rings. The van der Waals surface area contributed by atoms with Crippen LogP contribution in [-0.2, 0) is 9.59 Å². The lowest BCUT2D eigenvalue weighted by Crippen LogP contribution is -2.31. The fourth-order valence-corrected chi connectivity index (χ4v) is 2.86. The van der Waals surface area contributed by atoms with E-state index in [1.54, 1.807) is 24.3 Å². The summed E-state index contributed by atoms with van der Waals surface area (Å²) in [7, 11) is 0. The quantitative estimate of drug-likeness (QED) is 0.865. The minimum Gasteiger partial charge on any atom is -0.502 e. The average Bonchev–Trinajstić information content (AvgIpc) is 2.70. The van der Waals surface area contributed by atoms with E-state index in [4.69, 9.17) is 0 Å². The highest BCUT2D eigenvalue weighted by molar-refractivity contribution is 6.45. The van der Waals surface area contributed by atoms with E-state index in [9.17, 15) is 14.7 Å². The largest absolute Gasteiger partial charge is 0.502 e. The first kappa shape index (κ1) is 15.0. The van der Waals surface area contributed by atoms with Gasteiger partial charge in [0.2, 0.25) is 0 Å². The van der Waals surface area contributed by atoms with Gasteiger partial charge in [0.15, 0.2) is 5.76 Å². The molecule has 0 aromatic heterocycles. The average molecular weight is 307 g/mol. The van der Waals surface area contributed by atoms with Crippen LogP contribution in [0.25, 0.3) is 5.57 Å². The molecule has 0 atom stereocenters. The van der Waals surface area contributed by atoms with Crippen molar-refractivity contribution < 1.29 is 14.7 Å². The summed E-state index contributed by atoms with van der Waals surface area (Å²) in [6.45, 7) is 5.69. The molecule has 2 aromatic carbocycles. The minimum atomic E-state index is -0.685. The second-order valence-corrected chi connectivity index (χ2v) is 5.83. The third-order valence-electron chi connectivity index (χ3n) is 3.97. The number of aliphatic hydroxyl groups is 1. The maximum Gasteiger partial charge on any atom is 0.301 e. The van der Waals surface area contributed by atoms with Crippen molar-refractivity contribution in [1.29, 1.82) is 0 Å². The van der Waals surface area contributed by atoms with Gasteiger partial charge < -0.3 is 5.11 Å². The van der Waals surface area contributed by atoms with Crippen molar-refractivity contribution in [3.05, 3.63) is 70.5 Å². The van der Waals surface area contributed by atoms with E-state index in [-0.39, 0.29) is 5.57 Å². The summed E-state index contributed by atoms with van der Waals surface area (Å²) in [6.07, 6.45) is 0.